The van der Waals surface area contributed by atoms with Crippen molar-refractivity contribution in [3.8, 4) is 5.82 Å². The molecule has 0 spiro atoms. The molecule has 0 saturated carbocycles. The summed E-state index contributed by atoms with van der Waals surface area (Å²) in [4.78, 5) is 8.40. The number of nitrogens with one attached hydrogen (secondary N) is 1. The lowest BCUT2D eigenvalue weighted by Crippen LogP contribution is -2.09. The van der Waals surface area contributed by atoms with Crippen molar-refractivity contribution in [2.24, 2.45) is 0 Å². The van der Waals surface area contributed by atoms with Gasteiger partial charge in [-0.05, 0) is 19.2 Å². The molecule has 2 rings (SSSR count). The summed E-state index contributed by atoms with van der Waals surface area (Å²) < 4.78 is 1.84. The molecule has 0 bridgehead atoms. The van der Waals surface area contributed by atoms with E-state index in [1.54, 1.807) is 12.5 Å². The third-order valence-corrected chi connectivity index (χ3v) is 2.36. The number of aromatic nitrogens is 3. The molecular formula is C10H11ClN4. The summed E-state index contributed by atoms with van der Waals surface area (Å²) in [5.74, 6) is 0.821. The smallest absolute Gasteiger partial charge is 0.138 e. The van der Waals surface area contributed by atoms with Crippen molar-refractivity contribution in [3.63, 3.8) is 0 Å². The van der Waals surface area contributed by atoms with Crippen molar-refractivity contribution >= 4 is 11.6 Å². The fourth-order valence-corrected chi connectivity index (χ4v) is 1.47. The molecule has 5 heteroatoms. The van der Waals surface area contributed by atoms with Gasteiger partial charge in [0.15, 0.2) is 0 Å². The number of rotatable bonds is 3. The van der Waals surface area contributed by atoms with Gasteiger partial charge in [0.25, 0.3) is 0 Å². The van der Waals surface area contributed by atoms with E-state index in [9.17, 15) is 0 Å². The van der Waals surface area contributed by atoms with E-state index >= 15 is 0 Å². The highest BCUT2D eigenvalue weighted by molar-refractivity contribution is 6.31. The van der Waals surface area contributed by atoms with Crippen molar-refractivity contribution < 1.29 is 0 Å². The zero-order chi connectivity index (χ0) is 10.7. The van der Waals surface area contributed by atoms with Crippen LogP contribution < -0.4 is 5.32 Å². The van der Waals surface area contributed by atoms with Crippen LogP contribution in [0.1, 0.15) is 5.69 Å². The van der Waals surface area contributed by atoms with Gasteiger partial charge in [-0.2, -0.15) is 0 Å². The molecule has 0 amide bonds. The van der Waals surface area contributed by atoms with Crippen LogP contribution in [0.2, 0.25) is 5.02 Å². The highest BCUT2D eigenvalue weighted by Crippen LogP contribution is 2.15. The Bertz CT molecular complexity index is 439. The van der Waals surface area contributed by atoms with Gasteiger partial charge in [0.2, 0.25) is 0 Å². The first-order valence-electron chi connectivity index (χ1n) is 4.59. The second-order valence-corrected chi connectivity index (χ2v) is 3.51. The standard InChI is InChI=1S/C10H11ClN4/c1-12-6-9-8(11)2-3-10(14-9)15-5-4-13-7-15/h2-5,7,12H,6H2,1H3. The average molecular weight is 223 g/mol. The molecule has 15 heavy (non-hydrogen) atoms. The zero-order valence-electron chi connectivity index (χ0n) is 8.31. The molecule has 0 saturated heterocycles. The van der Waals surface area contributed by atoms with Crippen LogP contribution in [0.3, 0.4) is 0 Å². The van der Waals surface area contributed by atoms with Gasteiger partial charge in [-0.3, -0.25) is 4.57 Å². The molecule has 2 aromatic heterocycles. The molecule has 0 aliphatic heterocycles. The SMILES string of the molecule is CNCc1nc(-n2ccnc2)ccc1Cl. The van der Waals surface area contributed by atoms with E-state index in [-0.39, 0.29) is 0 Å². The Hall–Kier alpha value is -1.39. The van der Waals surface area contributed by atoms with Gasteiger partial charge in [-0.1, -0.05) is 11.6 Å². The monoisotopic (exact) mass is 222 g/mol. The number of hydrogen-bond acceptors (Lipinski definition) is 3. The van der Waals surface area contributed by atoms with Crippen LogP contribution in [-0.4, -0.2) is 21.6 Å². The van der Waals surface area contributed by atoms with Crippen molar-refractivity contribution in [1.82, 2.24) is 19.9 Å². The third-order valence-electron chi connectivity index (χ3n) is 2.02. The largest absolute Gasteiger partial charge is 0.314 e. The zero-order valence-corrected chi connectivity index (χ0v) is 9.07. The fraction of sp³-hybridized carbons (Fsp3) is 0.200. The Morgan fingerprint density at radius 1 is 1.47 bits per heavy atom. The van der Waals surface area contributed by atoms with Crippen LogP contribution in [0.25, 0.3) is 5.82 Å². The molecule has 0 unspecified atom stereocenters. The van der Waals surface area contributed by atoms with Gasteiger partial charge in [-0.15, -0.1) is 0 Å². The highest BCUT2D eigenvalue weighted by atomic mass is 35.5. The molecule has 2 aromatic rings. The lowest BCUT2D eigenvalue weighted by atomic mass is 10.3. The van der Waals surface area contributed by atoms with E-state index in [0.29, 0.717) is 11.6 Å². The fourth-order valence-electron chi connectivity index (χ4n) is 1.30. The predicted molar refractivity (Wildman–Crippen MR) is 59.1 cm³/mol. The number of hydrogen-bond donors (Lipinski definition) is 1. The summed E-state index contributed by atoms with van der Waals surface area (Å²) in [6, 6.07) is 3.71. The summed E-state index contributed by atoms with van der Waals surface area (Å²) in [6.45, 7) is 0.654. The highest BCUT2D eigenvalue weighted by Gasteiger charge is 2.03. The molecule has 0 aliphatic rings. The molecule has 78 valence electrons. The first-order valence-corrected chi connectivity index (χ1v) is 4.97. The van der Waals surface area contributed by atoms with Crippen LogP contribution in [-0.2, 0) is 6.54 Å². The van der Waals surface area contributed by atoms with Crippen LogP contribution >= 0.6 is 11.6 Å². The Kier molecular flexibility index (Phi) is 2.99. The molecule has 4 nitrogen and oxygen atoms in total. The lowest BCUT2D eigenvalue weighted by Gasteiger charge is -2.06. The second kappa shape index (κ2) is 4.42. The third kappa shape index (κ3) is 2.16. The number of halogens is 1. The van der Waals surface area contributed by atoms with Gasteiger partial charge in [0, 0.05) is 18.9 Å². The Balaban J connectivity index is 2.38. The van der Waals surface area contributed by atoms with Crippen molar-refractivity contribution in [3.05, 3.63) is 41.6 Å². The number of pyridine rings is 1. The van der Waals surface area contributed by atoms with Crippen LogP contribution in [0.5, 0.6) is 0 Å². The summed E-state index contributed by atoms with van der Waals surface area (Å²) in [5.41, 5.74) is 0.838. The second-order valence-electron chi connectivity index (χ2n) is 3.10. The van der Waals surface area contributed by atoms with Crippen molar-refractivity contribution in [2.75, 3.05) is 7.05 Å². The van der Waals surface area contributed by atoms with Crippen LogP contribution in [0, 0.1) is 0 Å². The minimum Gasteiger partial charge on any atom is -0.314 e. The lowest BCUT2D eigenvalue weighted by molar-refractivity contribution is 0.784. The van der Waals surface area contributed by atoms with Gasteiger partial charge >= 0.3 is 0 Å². The van der Waals surface area contributed by atoms with E-state index in [2.05, 4.69) is 15.3 Å². The normalized spacial score (nSPS) is 10.5. The molecule has 0 radical (unpaired) electrons. The molecule has 0 aromatic carbocycles. The Labute approximate surface area is 92.9 Å². The minimum absolute atomic E-state index is 0.654. The predicted octanol–water partition coefficient (Wildman–Crippen LogP) is 1.64. The quantitative estimate of drug-likeness (QED) is 0.859. The van der Waals surface area contributed by atoms with Gasteiger partial charge in [0.1, 0.15) is 12.1 Å². The molecular weight excluding hydrogens is 212 g/mol. The van der Waals surface area contributed by atoms with E-state index < -0.39 is 0 Å². The van der Waals surface area contributed by atoms with E-state index in [1.807, 2.05) is 29.9 Å². The summed E-state index contributed by atoms with van der Waals surface area (Å²) >= 11 is 6.01. The maximum Gasteiger partial charge on any atom is 0.138 e. The van der Waals surface area contributed by atoms with Crippen molar-refractivity contribution in [2.45, 2.75) is 6.54 Å². The van der Waals surface area contributed by atoms with Crippen LogP contribution in [0.15, 0.2) is 30.9 Å². The average Bonchev–Trinajstić information content (AvgIpc) is 2.75. The first-order chi connectivity index (χ1) is 7.31. The van der Waals surface area contributed by atoms with Gasteiger partial charge < -0.3 is 5.32 Å². The van der Waals surface area contributed by atoms with E-state index in [4.69, 9.17) is 11.6 Å². The maximum atomic E-state index is 6.01. The van der Waals surface area contributed by atoms with E-state index in [0.717, 1.165) is 11.5 Å². The number of imidazole rings is 1. The summed E-state index contributed by atoms with van der Waals surface area (Å²) in [7, 11) is 1.86. The first kappa shape index (κ1) is 10.1. The summed E-state index contributed by atoms with van der Waals surface area (Å²) in [5, 5.41) is 3.70. The molecule has 0 atom stereocenters. The van der Waals surface area contributed by atoms with Crippen LogP contribution in [0.4, 0.5) is 0 Å². The van der Waals surface area contributed by atoms with Gasteiger partial charge in [-0.25, -0.2) is 9.97 Å². The maximum absolute atomic E-state index is 6.01. The minimum atomic E-state index is 0.654. The Morgan fingerprint density at radius 3 is 3.00 bits per heavy atom. The topological polar surface area (TPSA) is 42.7 Å². The Morgan fingerprint density at radius 2 is 2.33 bits per heavy atom. The molecule has 2 heterocycles. The van der Waals surface area contributed by atoms with Crippen molar-refractivity contribution in [1.29, 1.82) is 0 Å². The van der Waals surface area contributed by atoms with E-state index in [1.165, 1.54) is 0 Å². The number of nitrogens with zero attached hydrogens (tertiary/aromatic N) is 3. The molecule has 0 aliphatic carbocycles. The summed E-state index contributed by atoms with van der Waals surface area (Å²) in [6.07, 6.45) is 5.27. The molecule has 0 fully saturated rings. The van der Waals surface area contributed by atoms with Gasteiger partial charge in [0.05, 0.1) is 10.7 Å². The molecule has 1 N–H and O–H groups in total.